The predicted octanol–water partition coefficient (Wildman–Crippen LogP) is -0.165. The molecule has 0 unspecified atom stereocenters. The molecule has 0 spiro atoms. The fourth-order valence-electron chi connectivity index (χ4n) is 2.04. The predicted molar refractivity (Wildman–Crippen MR) is 94.7 cm³/mol. The summed E-state index contributed by atoms with van der Waals surface area (Å²) in [7, 11) is -1.98. The number of aromatic nitrogens is 2. The van der Waals surface area contributed by atoms with Gasteiger partial charge in [0.25, 0.3) is 5.91 Å². The number of anilines is 2. The molecule has 0 aliphatic heterocycles. The van der Waals surface area contributed by atoms with Gasteiger partial charge in [0, 0.05) is 0 Å². The SMILES string of the molecule is COc1cc(OC)nc(NC(=O)N(c2ccccc2C(N)=O)S(N)(=O)=O)n1. The van der Waals surface area contributed by atoms with Gasteiger partial charge in [0.15, 0.2) is 0 Å². The minimum Gasteiger partial charge on any atom is -0.481 e. The fraction of sp³-hybridized carbons (Fsp3) is 0.143. The summed E-state index contributed by atoms with van der Waals surface area (Å²) in [5.74, 6) is -1.17. The standard InChI is InChI=1S/C14H16N6O6S/c1-25-10-7-11(26-2)18-13(17-10)19-14(22)20(27(16,23)24)9-6-4-3-5-8(9)12(15)21/h3-7H,1-2H3,(H2,15,21)(H2,16,23,24)(H,17,18,19,22). The summed E-state index contributed by atoms with van der Waals surface area (Å²) in [6.45, 7) is 0. The molecule has 2 aromatic rings. The number of methoxy groups -OCH3 is 2. The third kappa shape index (κ3) is 4.59. The Bertz CT molecular complexity index is 958. The van der Waals surface area contributed by atoms with Gasteiger partial charge in [0.2, 0.25) is 17.7 Å². The van der Waals surface area contributed by atoms with Crippen molar-refractivity contribution in [2.45, 2.75) is 0 Å². The lowest BCUT2D eigenvalue weighted by atomic mass is 10.1. The number of carbonyl (C=O) groups excluding carboxylic acids is 2. The summed E-state index contributed by atoms with van der Waals surface area (Å²) in [6.07, 6.45) is 0. The van der Waals surface area contributed by atoms with Crippen LogP contribution in [0.25, 0.3) is 0 Å². The Morgan fingerprint density at radius 2 is 1.67 bits per heavy atom. The van der Waals surface area contributed by atoms with Crippen LogP contribution in [0.1, 0.15) is 10.4 Å². The first-order valence-electron chi connectivity index (χ1n) is 7.17. The zero-order chi connectivity index (χ0) is 20.2. The number of primary amides is 1. The zero-order valence-corrected chi connectivity index (χ0v) is 15.1. The number of nitrogens with two attached hydrogens (primary N) is 2. The average molecular weight is 396 g/mol. The zero-order valence-electron chi connectivity index (χ0n) is 14.2. The summed E-state index contributed by atoms with van der Waals surface area (Å²) in [6, 6.07) is 5.37. The Hall–Kier alpha value is -3.45. The van der Waals surface area contributed by atoms with Crippen molar-refractivity contribution < 1.29 is 27.5 Å². The van der Waals surface area contributed by atoms with Crippen molar-refractivity contribution in [1.29, 1.82) is 0 Å². The molecule has 1 aromatic heterocycles. The van der Waals surface area contributed by atoms with Crippen LogP contribution in [-0.2, 0) is 10.2 Å². The van der Waals surface area contributed by atoms with Gasteiger partial charge in [-0.1, -0.05) is 12.1 Å². The number of urea groups is 1. The molecule has 1 heterocycles. The van der Waals surface area contributed by atoms with Gasteiger partial charge in [-0.25, -0.2) is 9.93 Å². The molecule has 0 atom stereocenters. The summed E-state index contributed by atoms with van der Waals surface area (Å²) in [4.78, 5) is 31.9. The van der Waals surface area contributed by atoms with Crippen LogP contribution in [0.2, 0.25) is 0 Å². The molecule has 0 aliphatic rings. The van der Waals surface area contributed by atoms with E-state index in [0.717, 1.165) is 0 Å². The van der Waals surface area contributed by atoms with Gasteiger partial charge < -0.3 is 15.2 Å². The van der Waals surface area contributed by atoms with E-state index in [1.165, 1.54) is 44.6 Å². The van der Waals surface area contributed by atoms with Crippen LogP contribution in [-0.4, -0.2) is 44.5 Å². The number of ether oxygens (including phenoxy) is 2. The molecule has 13 heteroatoms. The smallest absolute Gasteiger partial charge is 0.343 e. The van der Waals surface area contributed by atoms with E-state index in [0.29, 0.717) is 0 Å². The highest BCUT2D eigenvalue weighted by atomic mass is 32.2. The number of carbonyl (C=O) groups is 2. The Morgan fingerprint density at radius 1 is 1.11 bits per heavy atom. The number of nitrogens with zero attached hydrogens (tertiary/aromatic N) is 3. The second kappa shape index (κ2) is 7.84. The second-order valence-corrected chi connectivity index (χ2v) is 6.29. The van der Waals surface area contributed by atoms with E-state index in [1.807, 2.05) is 0 Å². The van der Waals surface area contributed by atoms with Crippen molar-refractivity contribution in [3.63, 3.8) is 0 Å². The van der Waals surface area contributed by atoms with E-state index in [4.69, 9.17) is 20.3 Å². The highest BCUT2D eigenvalue weighted by Crippen LogP contribution is 2.24. The maximum absolute atomic E-state index is 12.6. The molecule has 3 amide bonds. The maximum atomic E-state index is 12.6. The third-order valence-electron chi connectivity index (χ3n) is 3.14. The van der Waals surface area contributed by atoms with Gasteiger partial charge in [-0.05, 0) is 12.1 Å². The van der Waals surface area contributed by atoms with Gasteiger partial charge >= 0.3 is 16.2 Å². The van der Waals surface area contributed by atoms with Crippen LogP contribution in [0.3, 0.4) is 0 Å². The van der Waals surface area contributed by atoms with Crippen LogP contribution in [0.15, 0.2) is 30.3 Å². The Morgan fingerprint density at radius 3 is 2.15 bits per heavy atom. The monoisotopic (exact) mass is 396 g/mol. The number of nitrogens with one attached hydrogen (secondary N) is 1. The van der Waals surface area contributed by atoms with Gasteiger partial charge in [0.1, 0.15) is 0 Å². The molecule has 0 aliphatic carbocycles. The first kappa shape index (κ1) is 19.9. The first-order chi connectivity index (χ1) is 12.7. The molecule has 12 nitrogen and oxygen atoms in total. The normalized spacial score (nSPS) is 10.8. The maximum Gasteiger partial charge on any atom is 0.343 e. The molecule has 0 radical (unpaired) electrons. The molecule has 0 saturated heterocycles. The van der Waals surface area contributed by atoms with Crippen molar-refractivity contribution in [3.05, 3.63) is 35.9 Å². The van der Waals surface area contributed by atoms with E-state index >= 15 is 0 Å². The Kier molecular flexibility index (Phi) is 5.77. The molecule has 0 fully saturated rings. The molecular weight excluding hydrogens is 380 g/mol. The van der Waals surface area contributed by atoms with Crippen molar-refractivity contribution in [1.82, 2.24) is 9.97 Å². The molecule has 27 heavy (non-hydrogen) atoms. The lowest BCUT2D eigenvalue weighted by Crippen LogP contribution is -2.45. The van der Waals surface area contributed by atoms with Crippen LogP contribution in [0, 0.1) is 0 Å². The topological polar surface area (TPSA) is 180 Å². The van der Waals surface area contributed by atoms with E-state index in [-0.39, 0.29) is 33.3 Å². The summed E-state index contributed by atoms with van der Waals surface area (Å²) < 4.78 is 34.0. The number of amides is 3. The number of para-hydroxylation sites is 1. The van der Waals surface area contributed by atoms with E-state index in [1.54, 1.807) is 0 Å². The Balaban J connectivity index is 2.48. The number of rotatable bonds is 6. The second-order valence-electron chi connectivity index (χ2n) is 4.90. The van der Waals surface area contributed by atoms with E-state index in [2.05, 4.69) is 15.3 Å². The molecule has 144 valence electrons. The average Bonchev–Trinajstić information content (AvgIpc) is 2.60. The van der Waals surface area contributed by atoms with Gasteiger partial charge in [-0.2, -0.15) is 22.7 Å². The van der Waals surface area contributed by atoms with Crippen LogP contribution in [0.4, 0.5) is 16.4 Å². The number of hydrogen-bond donors (Lipinski definition) is 3. The first-order valence-corrected chi connectivity index (χ1v) is 8.67. The van der Waals surface area contributed by atoms with E-state index in [9.17, 15) is 18.0 Å². The highest BCUT2D eigenvalue weighted by molar-refractivity contribution is 7.91. The molecule has 0 bridgehead atoms. The lowest BCUT2D eigenvalue weighted by Gasteiger charge is -2.21. The van der Waals surface area contributed by atoms with Crippen LogP contribution < -0.4 is 30.0 Å². The van der Waals surface area contributed by atoms with Gasteiger partial charge in [0.05, 0.1) is 31.5 Å². The summed E-state index contributed by atoms with van der Waals surface area (Å²) in [5, 5.41) is 7.30. The minimum absolute atomic E-state index is 0.0526. The molecule has 1 aromatic carbocycles. The van der Waals surface area contributed by atoms with Crippen molar-refractivity contribution in [2.75, 3.05) is 23.8 Å². The summed E-state index contributed by atoms with van der Waals surface area (Å²) >= 11 is 0. The molecule has 0 saturated carbocycles. The van der Waals surface area contributed by atoms with Gasteiger partial charge in [-0.15, -0.1) is 0 Å². The Labute approximate surface area is 154 Å². The lowest BCUT2D eigenvalue weighted by molar-refractivity contribution is 0.100. The number of benzene rings is 1. The highest BCUT2D eigenvalue weighted by Gasteiger charge is 2.30. The number of hydrogen-bond acceptors (Lipinski definition) is 8. The molecular formula is C14H16N6O6S. The van der Waals surface area contributed by atoms with Crippen molar-refractivity contribution in [2.24, 2.45) is 10.9 Å². The molecule has 2 rings (SSSR count). The van der Waals surface area contributed by atoms with Crippen molar-refractivity contribution in [3.8, 4) is 11.8 Å². The van der Waals surface area contributed by atoms with Crippen LogP contribution >= 0.6 is 0 Å². The van der Waals surface area contributed by atoms with E-state index < -0.39 is 22.1 Å². The minimum atomic E-state index is -4.63. The molecule has 5 N–H and O–H groups in total. The fourth-order valence-corrected chi connectivity index (χ4v) is 2.75. The summed E-state index contributed by atoms with van der Waals surface area (Å²) in [5.41, 5.74) is 4.67. The largest absolute Gasteiger partial charge is 0.481 e. The third-order valence-corrected chi connectivity index (χ3v) is 4.01. The van der Waals surface area contributed by atoms with Crippen LogP contribution in [0.5, 0.6) is 11.8 Å². The van der Waals surface area contributed by atoms with Gasteiger partial charge in [-0.3, -0.25) is 10.1 Å². The quantitative estimate of drug-likeness (QED) is 0.602. The van der Waals surface area contributed by atoms with Crippen molar-refractivity contribution >= 4 is 33.8 Å².